The maximum atomic E-state index is 13.1. The normalized spacial score (nSPS) is 14.8. The van der Waals surface area contributed by atoms with Crippen LogP contribution in [0.3, 0.4) is 0 Å². The molecule has 12 heteroatoms. The number of nitrogens with two attached hydrogens (primary N) is 2. The van der Waals surface area contributed by atoms with E-state index in [1.54, 1.807) is 38.1 Å². The zero-order valence-corrected chi connectivity index (χ0v) is 22.0. The van der Waals surface area contributed by atoms with Crippen molar-refractivity contribution in [3.63, 3.8) is 0 Å². The maximum Gasteiger partial charge on any atom is 0.326 e. The molecule has 1 aromatic carbocycles. The lowest BCUT2D eigenvalue weighted by Gasteiger charge is -2.26. The van der Waals surface area contributed by atoms with Crippen LogP contribution in [0.1, 0.15) is 57.9 Å². The fourth-order valence-electron chi connectivity index (χ4n) is 3.75. The highest BCUT2D eigenvalue weighted by molar-refractivity contribution is 5.94. The standard InChI is InChI=1S/C26H41N5O7/c1-3-16(2)22(26(37)38)31-25(36)19(11-7-8-14-27)30-24(35)20(12-13-21(32)33)29-23(34)18(28)15-17-9-5-4-6-10-17/h4-6,9-10,16,18-20,22H,3,7-8,11-15,27-28H2,1-2H3,(H,29,34)(H,30,35)(H,31,36)(H,32,33)(H,37,38). The summed E-state index contributed by atoms with van der Waals surface area (Å²) in [6.45, 7) is 3.85. The number of carboxylic acids is 2. The van der Waals surface area contributed by atoms with Gasteiger partial charge in [0.15, 0.2) is 0 Å². The molecular weight excluding hydrogens is 494 g/mol. The van der Waals surface area contributed by atoms with Crippen molar-refractivity contribution in [2.45, 2.75) is 83.0 Å². The molecule has 9 N–H and O–H groups in total. The van der Waals surface area contributed by atoms with E-state index in [0.29, 0.717) is 25.8 Å². The second-order valence-corrected chi connectivity index (χ2v) is 9.35. The van der Waals surface area contributed by atoms with E-state index in [9.17, 15) is 29.1 Å². The summed E-state index contributed by atoms with van der Waals surface area (Å²) in [5.41, 5.74) is 12.4. The summed E-state index contributed by atoms with van der Waals surface area (Å²) in [4.78, 5) is 61.8. The second kappa shape index (κ2) is 17.1. The van der Waals surface area contributed by atoms with E-state index < -0.39 is 60.2 Å². The molecule has 5 unspecified atom stereocenters. The van der Waals surface area contributed by atoms with E-state index in [-0.39, 0.29) is 25.2 Å². The Hall–Kier alpha value is -3.51. The Kier molecular flexibility index (Phi) is 14.6. The molecule has 0 aliphatic rings. The zero-order chi connectivity index (χ0) is 28.7. The molecule has 3 amide bonds. The summed E-state index contributed by atoms with van der Waals surface area (Å²) in [6.07, 6.45) is 1.29. The number of aliphatic carboxylic acids is 2. The molecule has 0 radical (unpaired) electrons. The lowest BCUT2D eigenvalue weighted by atomic mass is 9.98. The summed E-state index contributed by atoms with van der Waals surface area (Å²) in [6, 6.07) is 4.50. The summed E-state index contributed by atoms with van der Waals surface area (Å²) >= 11 is 0. The number of hydrogen-bond donors (Lipinski definition) is 7. The van der Waals surface area contributed by atoms with Gasteiger partial charge in [0.1, 0.15) is 18.1 Å². The molecule has 0 aromatic heterocycles. The number of amides is 3. The predicted octanol–water partition coefficient (Wildman–Crippen LogP) is 0.135. The molecule has 12 nitrogen and oxygen atoms in total. The van der Waals surface area contributed by atoms with Gasteiger partial charge in [0.05, 0.1) is 6.04 Å². The molecule has 0 heterocycles. The molecule has 0 saturated carbocycles. The Morgan fingerprint density at radius 3 is 2.00 bits per heavy atom. The van der Waals surface area contributed by atoms with Crippen LogP contribution in [0.5, 0.6) is 0 Å². The van der Waals surface area contributed by atoms with E-state index in [0.717, 1.165) is 5.56 Å². The molecular formula is C26H41N5O7. The van der Waals surface area contributed by atoms with Gasteiger partial charge >= 0.3 is 11.9 Å². The van der Waals surface area contributed by atoms with Crippen LogP contribution in [-0.4, -0.2) is 70.6 Å². The third-order valence-corrected chi connectivity index (χ3v) is 6.27. The predicted molar refractivity (Wildman–Crippen MR) is 141 cm³/mol. The number of hydrogen-bond acceptors (Lipinski definition) is 7. The van der Waals surface area contributed by atoms with Gasteiger partial charge in [-0.05, 0) is 50.1 Å². The quantitative estimate of drug-likeness (QED) is 0.127. The van der Waals surface area contributed by atoms with Gasteiger partial charge < -0.3 is 37.6 Å². The van der Waals surface area contributed by atoms with Crippen LogP contribution in [0, 0.1) is 5.92 Å². The molecule has 0 aliphatic carbocycles. The zero-order valence-electron chi connectivity index (χ0n) is 22.0. The molecule has 1 rings (SSSR count). The van der Waals surface area contributed by atoms with Gasteiger partial charge in [0.25, 0.3) is 0 Å². The van der Waals surface area contributed by atoms with Crippen LogP contribution < -0.4 is 27.4 Å². The van der Waals surface area contributed by atoms with E-state index >= 15 is 0 Å². The fourth-order valence-corrected chi connectivity index (χ4v) is 3.75. The van der Waals surface area contributed by atoms with E-state index in [1.165, 1.54) is 0 Å². The van der Waals surface area contributed by atoms with Crippen LogP contribution in [0.15, 0.2) is 30.3 Å². The van der Waals surface area contributed by atoms with E-state index in [4.69, 9.17) is 16.6 Å². The van der Waals surface area contributed by atoms with Crippen LogP contribution in [-0.2, 0) is 30.4 Å². The van der Waals surface area contributed by atoms with Gasteiger partial charge in [-0.25, -0.2) is 4.79 Å². The molecule has 212 valence electrons. The number of rotatable bonds is 18. The van der Waals surface area contributed by atoms with Gasteiger partial charge in [-0.1, -0.05) is 50.6 Å². The van der Waals surface area contributed by atoms with Crippen molar-refractivity contribution < 1.29 is 34.2 Å². The minimum Gasteiger partial charge on any atom is -0.481 e. The molecule has 5 atom stereocenters. The Labute approximate surface area is 222 Å². The van der Waals surface area contributed by atoms with Gasteiger partial charge in [-0.2, -0.15) is 0 Å². The SMILES string of the molecule is CCC(C)C(NC(=O)C(CCCCN)NC(=O)C(CCC(=O)O)NC(=O)C(N)Cc1ccccc1)C(=O)O. The average Bonchev–Trinajstić information content (AvgIpc) is 2.88. The fraction of sp³-hybridized carbons (Fsp3) is 0.577. The van der Waals surface area contributed by atoms with Crippen molar-refractivity contribution in [2.24, 2.45) is 17.4 Å². The van der Waals surface area contributed by atoms with Crippen LogP contribution in [0.2, 0.25) is 0 Å². The van der Waals surface area contributed by atoms with Gasteiger partial charge in [-0.3, -0.25) is 19.2 Å². The Bertz CT molecular complexity index is 928. The smallest absolute Gasteiger partial charge is 0.326 e. The Morgan fingerprint density at radius 1 is 0.868 bits per heavy atom. The number of carbonyl (C=O) groups is 5. The minimum absolute atomic E-state index is 0.175. The lowest BCUT2D eigenvalue weighted by Crippen LogP contribution is -2.57. The van der Waals surface area contributed by atoms with Crippen molar-refractivity contribution >= 4 is 29.7 Å². The number of unbranched alkanes of at least 4 members (excludes halogenated alkanes) is 1. The van der Waals surface area contributed by atoms with E-state index in [2.05, 4.69) is 16.0 Å². The van der Waals surface area contributed by atoms with Gasteiger partial charge in [0, 0.05) is 6.42 Å². The first kappa shape index (κ1) is 32.5. The van der Waals surface area contributed by atoms with Crippen molar-refractivity contribution in [3.8, 4) is 0 Å². The first-order valence-electron chi connectivity index (χ1n) is 12.8. The molecule has 0 bridgehead atoms. The van der Waals surface area contributed by atoms with Crippen LogP contribution in [0.25, 0.3) is 0 Å². The minimum atomic E-state index is -1.27. The number of benzene rings is 1. The third-order valence-electron chi connectivity index (χ3n) is 6.27. The number of carboxylic acid groups (broad SMARTS) is 2. The summed E-state index contributed by atoms with van der Waals surface area (Å²) in [5, 5.41) is 26.2. The average molecular weight is 536 g/mol. The Balaban J connectivity index is 3.02. The molecule has 0 spiro atoms. The van der Waals surface area contributed by atoms with Crippen LogP contribution >= 0.6 is 0 Å². The molecule has 1 aromatic rings. The highest BCUT2D eigenvalue weighted by atomic mass is 16.4. The largest absolute Gasteiger partial charge is 0.481 e. The highest BCUT2D eigenvalue weighted by Crippen LogP contribution is 2.11. The highest BCUT2D eigenvalue weighted by Gasteiger charge is 2.32. The van der Waals surface area contributed by atoms with Crippen molar-refractivity contribution in [3.05, 3.63) is 35.9 Å². The first-order valence-corrected chi connectivity index (χ1v) is 12.8. The Morgan fingerprint density at radius 2 is 1.45 bits per heavy atom. The molecule has 0 aliphatic heterocycles. The van der Waals surface area contributed by atoms with Crippen LogP contribution in [0.4, 0.5) is 0 Å². The number of nitrogens with one attached hydrogen (secondary N) is 3. The number of carbonyl (C=O) groups excluding carboxylic acids is 3. The maximum absolute atomic E-state index is 13.1. The summed E-state index contributed by atoms with van der Waals surface area (Å²) in [5.74, 6) is -4.82. The van der Waals surface area contributed by atoms with Crippen molar-refractivity contribution in [1.29, 1.82) is 0 Å². The van der Waals surface area contributed by atoms with Crippen molar-refractivity contribution in [2.75, 3.05) is 6.54 Å². The molecule has 38 heavy (non-hydrogen) atoms. The molecule has 0 fully saturated rings. The van der Waals surface area contributed by atoms with Crippen molar-refractivity contribution in [1.82, 2.24) is 16.0 Å². The summed E-state index contributed by atoms with van der Waals surface area (Å²) in [7, 11) is 0. The topological polar surface area (TPSA) is 214 Å². The van der Waals surface area contributed by atoms with E-state index in [1.807, 2.05) is 6.07 Å². The molecule has 0 saturated heterocycles. The monoisotopic (exact) mass is 535 g/mol. The third kappa shape index (κ3) is 11.7. The van der Waals surface area contributed by atoms with Gasteiger partial charge in [-0.15, -0.1) is 0 Å². The first-order chi connectivity index (χ1) is 18.0. The second-order valence-electron chi connectivity index (χ2n) is 9.35. The summed E-state index contributed by atoms with van der Waals surface area (Å²) < 4.78 is 0. The lowest BCUT2D eigenvalue weighted by molar-refractivity contribution is -0.144. The van der Waals surface area contributed by atoms with Gasteiger partial charge in [0.2, 0.25) is 17.7 Å².